The second-order valence-corrected chi connectivity index (χ2v) is 5.72. The Hall–Kier alpha value is -0.0800. The van der Waals surface area contributed by atoms with Crippen LogP contribution in [0.15, 0.2) is 22.7 Å². The van der Waals surface area contributed by atoms with E-state index < -0.39 is 0 Å². The summed E-state index contributed by atoms with van der Waals surface area (Å²) in [7, 11) is 0. The molecule has 84 valence electrons. The number of benzene rings is 1. The van der Waals surface area contributed by atoms with Gasteiger partial charge in [0.15, 0.2) is 0 Å². The summed E-state index contributed by atoms with van der Waals surface area (Å²) in [5, 5.41) is 0.148. The molecule has 1 aromatic rings. The van der Waals surface area contributed by atoms with Crippen LogP contribution in [0.4, 0.5) is 4.39 Å². The molecule has 0 bridgehead atoms. The molecule has 15 heavy (non-hydrogen) atoms. The normalized spacial score (nSPS) is 15.0. The molecule has 1 aromatic carbocycles. The first-order valence-corrected chi connectivity index (χ1v) is 6.30. The van der Waals surface area contributed by atoms with E-state index in [0.717, 1.165) is 22.9 Å². The molecule has 2 atom stereocenters. The molecule has 0 heterocycles. The fourth-order valence-electron chi connectivity index (χ4n) is 1.71. The van der Waals surface area contributed by atoms with Crippen LogP contribution in [-0.4, -0.2) is 5.38 Å². The Morgan fingerprint density at radius 1 is 1.40 bits per heavy atom. The van der Waals surface area contributed by atoms with Crippen LogP contribution in [0.25, 0.3) is 0 Å². The van der Waals surface area contributed by atoms with Gasteiger partial charge in [0.1, 0.15) is 5.82 Å². The highest BCUT2D eigenvalue weighted by Gasteiger charge is 2.10. The van der Waals surface area contributed by atoms with E-state index in [0.29, 0.717) is 5.92 Å². The highest BCUT2D eigenvalue weighted by atomic mass is 79.9. The van der Waals surface area contributed by atoms with Crippen LogP contribution in [0.3, 0.4) is 0 Å². The second kappa shape index (κ2) is 5.86. The summed E-state index contributed by atoms with van der Waals surface area (Å²) in [6.07, 6.45) is 1.65. The molecule has 0 spiro atoms. The van der Waals surface area contributed by atoms with E-state index >= 15 is 0 Å². The summed E-state index contributed by atoms with van der Waals surface area (Å²) >= 11 is 9.25. The minimum atomic E-state index is -0.132. The summed E-state index contributed by atoms with van der Waals surface area (Å²) in [5.74, 6) is 0.272. The van der Waals surface area contributed by atoms with Gasteiger partial charge in [0, 0.05) is 9.85 Å². The topological polar surface area (TPSA) is 0 Å². The molecule has 0 aliphatic heterocycles. The van der Waals surface area contributed by atoms with Crippen LogP contribution in [-0.2, 0) is 6.42 Å². The van der Waals surface area contributed by atoms with Crippen molar-refractivity contribution in [3.8, 4) is 0 Å². The van der Waals surface area contributed by atoms with Gasteiger partial charge in [0.25, 0.3) is 0 Å². The lowest BCUT2D eigenvalue weighted by atomic mass is 9.96. The van der Waals surface area contributed by atoms with Crippen molar-refractivity contribution in [2.75, 3.05) is 0 Å². The number of rotatable bonds is 4. The third kappa shape index (κ3) is 4.52. The summed E-state index contributed by atoms with van der Waals surface area (Å²) in [6, 6.07) is 5.05. The first-order chi connectivity index (χ1) is 6.99. The minimum Gasteiger partial charge on any atom is -0.207 e. The molecule has 0 N–H and O–H groups in total. The summed E-state index contributed by atoms with van der Waals surface area (Å²) in [6.45, 7) is 4.06. The van der Waals surface area contributed by atoms with Gasteiger partial charge in [-0.1, -0.05) is 22.9 Å². The summed E-state index contributed by atoms with van der Waals surface area (Å²) in [4.78, 5) is 0. The number of hydrogen-bond acceptors (Lipinski definition) is 0. The fraction of sp³-hybridized carbons (Fsp3) is 0.500. The van der Waals surface area contributed by atoms with E-state index in [4.69, 9.17) is 11.6 Å². The Labute approximate surface area is 104 Å². The molecule has 0 aliphatic carbocycles. The summed E-state index contributed by atoms with van der Waals surface area (Å²) in [5.41, 5.74) is 0.759. The van der Waals surface area contributed by atoms with E-state index in [1.54, 1.807) is 6.07 Å². The van der Waals surface area contributed by atoms with Crippen molar-refractivity contribution in [1.82, 2.24) is 0 Å². The highest BCUT2D eigenvalue weighted by molar-refractivity contribution is 9.10. The van der Waals surface area contributed by atoms with Crippen molar-refractivity contribution in [1.29, 1.82) is 0 Å². The van der Waals surface area contributed by atoms with Crippen molar-refractivity contribution in [2.45, 2.75) is 32.1 Å². The third-order valence-corrected chi connectivity index (χ3v) is 2.97. The third-order valence-electron chi connectivity index (χ3n) is 2.30. The Kier molecular flexibility index (Phi) is 5.07. The first kappa shape index (κ1) is 13.0. The second-order valence-electron chi connectivity index (χ2n) is 4.06. The van der Waals surface area contributed by atoms with Gasteiger partial charge >= 0.3 is 0 Å². The van der Waals surface area contributed by atoms with Crippen molar-refractivity contribution in [3.05, 3.63) is 34.1 Å². The Bertz CT molecular complexity index is 325. The maximum absolute atomic E-state index is 13.4. The molecule has 0 aliphatic rings. The van der Waals surface area contributed by atoms with E-state index in [1.165, 1.54) is 6.07 Å². The SMILES string of the molecule is CC(Cl)CC(C)Cc1cc(Br)ccc1F. The molecular weight excluding hydrogens is 278 g/mol. The lowest BCUT2D eigenvalue weighted by Gasteiger charge is -2.13. The minimum absolute atomic E-state index is 0.132. The first-order valence-electron chi connectivity index (χ1n) is 5.07. The molecule has 0 radical (unpaired) electrons. The molecule has 0 aromatic heterocycles. The predicted molar refractivity (Wildman–Crippen MR) is 66.9 cm³/mol. The largest absolute Gasteiger partial charge is 0.207 e. The van der Waals surface area contributed by atoms with Crippen LogP contribution in [0.1, 0.15) is 25.8 Å². The number of alkyl halides is 1. The average molecular weight is 294 g/mol. The average Bonchev–Trinajstić information content (AvgIpc) is 2.10. The van der Waals surface area contributed by atoms with E-state index in [9.17, 15) is 4.39 Å². The van der Waals surface area contributed by atoms with Crippen LogP contribution in [0.5, 0.6) is 0 Å². The van der Waals surface area contributed by atoms with E-state index in [1.807, 2.05) is 13.0 Å². The van der Waals surface area contributed by atoms with Crippen LogP contribution in [0, 0.1) is 11.7 Å². The molecule has 3 heteroatoms. The predicted octanol–water partition coefficient (Wildman–Crippen LogP) is 4.78. The van der Waals surface area contributed by atoms with Crippen LogP contribution >= 0.6 is 27.5 Å². The molecule has 2 unspecified atom stereocenters. The van der Waals surface area contributed by atoms with Gasteiger partial charge in [-0.3, -0.25) is 0 Å². The molecule has 1 rings (SSSR count). The number of halogens is 3. The zero-order valence-electron chi connectivity index (χ0n) is 8.93. The Morgan fingerprint density at radius 3 is 2.67 bits per heavy atom. The van der Waals surface area contributed by atoms with Crippen molar-refractivity contribution in [3.63, 3.8) is 0 Å². The molecule has 0 amide bonds. The maximum Gasteiger partial charge on any atom is 0.126 e. The zero-order valence-corrected chi connectivity index (χ0v) is 11.3. The molecule has 0 nitrogen and oxygen atoms in total. The van der Waals surface area contributed by atoms with Crippen molar-refractivity contribution in [2.24, 2.45) is 5.92 Å². The van der Waals surface area contributed by atoms with Crippen molar-refractivity contribution >= 4 is 27.5 Å². The molecule has 0 saturated heterocycles. The van der Waals surface area contributed by atoms with Crippen molar-refractivity contribution < 1.29 is 4.39 Å². The molecular formula is C12H15BrClF. The van der Waals surface area contributed by atoms with E-state index in [2.05, 4.69) is 22.9 Å². The van der Waals surface area contributed by atoms with Gasteiger partial charge in [0.2, 0.25) is 0 Å². The van der Waals surface area contributed by atoms with E-state index in [-0.39, 0.29) is 11.2 Å². The molecule has 0 fully saturated rings. The van der Waals surface area contributed by atoms with Gasteiger partial charge in [-0.25, -0.2) is 4.39 Å². The van der Waals surface area contributed by atoms with Crippen LogP contribution in [0.2, 0.25) is 0 Å². The van der Waals surface area contributed by atoms with Gasteiger partial charge in [-0.2, -0.15) is 0 Å². The van der Waals surface area contributed by atoms with Gasteiger partial charge in [-0.15, -0.1) is 11.6 Å². The van der Waals surface area contributed by atoms with Crippen LogP contribution < -0.4 is 0 Å². The van der Waals surface area contributed by atoms with Gasteiger partial charge < -0.3 is 0 Å². The lowest BCUT2D eigenvalue weighted by Crippen LogP contribution is -2.06. The highest BCUT2D eigenvalue weighted by Crippen LogP contribution is 2.21. The quantitative estimate of drug-likeness (QED) is 0.701. The van der Waals surface area contributed by atoms with Gasteiger partial charge in [0.05, 0.1) is 0 Å². The molecule has 0 saturated carbocycles. The standard InChI is InChI=1S/C12H15BrClF/c1-8(5-9(2)14)6-10-7-11(13)3-4-12(10)15/h3-4,7-9H,5-6H2,1-2H3. The summed E-state index contributed by atoms with van der Waals surface area (Å²) < 4.78 is 14.3. The smallest absolute Gasteiger partial charge is 0.126 e. The zero-order chi connectivity index (χ0) is 11.4. The van der Waals surface area contributed by atoms with Gasteiger partial charge in [-0.05, 0) is 49.4 Å². The lowest BCUT2D eigenvalue weighted by molar-refractivity contribution is 0.507. The Balaban J connectivity index is 2.67. The Morgan fingerprint density at radius 2 is 2.07 bits per heavy atom. The number of hydrogen-bond donors (Lipinski definition) is 0. The fourth-order valence-corrected chi connectivity index (χ4v) is 2.43. The monoisotopic (exact) mass is 292 g/mol. The maximum atomic E-state index is 13.4.